The van der Waals surface area contributed by atoms with Gasteiger partial charge in [0.2, 0.25) is 0 Å². The second-order valence-electron chi connectivity index (χ2n) is 2.89. The maximum absolute atomic E-state index is 3.75. The van der Waals surface area contributed by atoms with Gasteiger partial charge in [-0.1, -0.05) is 40.2 Å². The minimum absolute atomic E-state index is 0.355. The van der Waals surface area contributed by atoms with Crippen LogP contribution < -0.4 is 5.32 Å². The van der Waals surface area contributed by atoms with Crippen LogP contribution in [0.2, 0.25) is 0 Å². The van der Waals surface area contributed by atoms with Crippen molar-refractivity contribution < 1.29 is 0 Å². The second kappa shape index (κ2) is 5.20. The van der Waals surface area contributed by atoms with Crippen LogP contribution in [0.25, 0.3) is 0 Å². The van der Waals surface area contributed by atoms with E-state index in [0.717, 1.165) is 10.9 Å². The molecule has 0 saturated heterocycles. The van der Waals surface area contributed by atoms with Crippen LogP contribution in [0.1, 0.15) is 18.0 Å². The summed E-state index contributed by atoms with van der Waals surface area (Å²) in [5, 5.41) is 3.26. The zero-order valence-electron chi connectivity index (χ0n) is 7.76. The molecule has 0 aliphatic rings. The van der Waals surface area contributed by atoms with E-state index in [2.05, 4.69) is 40.0 Å². The van der Waals surface area contributed by atoms with Crippen molar-refractivity contribution in [2.24, 2.45) is 0 Å². The number of benzene rings is 1. The molecule has 1 rings (SSSR count). The summed E-state index contributed by atoms with van der Waals surface area (Å²) >= 11 is 3.53. The molecule has 0 spiro atoms. The van der Waals surface area contributed by atoms with Gasteiger partial charge < -0.3 is 5.32 Å². The van der Waals surface area contributed by atoms with Gasteiger partial charge in [0.15, 0.2) is 0 Å². The molecule has 2 heteroatoms. The van der Waals surface area contributed by atoms with Crippen molar-refractivity contribution in [2.45, 2.75) is 12.5 Å². The first-order valence-corrected chi connectivity index (χ1v) is 5.11. The van der Waals surface area contributed by atoms with Gasteiger partial charge >= 0.3 is 0 Å². The predicted octanol–water partition coefficient (Wildman–Crippen LogP) is 3.29. The summed E-state index contributed by atoms with van der Waals surface area (Å²) in [6.45, 7) is 3.75. The molecule has 0 saturated carbocycles. The van der Waals surface area contributed by atoms with Gasteiger partial charge in [-0.05, 0) is 25.1 Å². The zero-order valence-corrected chi connectivity index (χ0v) is 9.34. The van der Waals surface area contributed by atoms with Gasteiger partial charge in [-0.15, -0.1) is 6.58 Å². The molecular formula is C11H14BrN. The van der Waals surface area contributed by atoms with E-state index >= 15 is 0 Å². The van der Waals surface area contributed by atoms with E-state index in [1.165, 1.54) is 5.56 Å². The molecule has 0 aliphatic heterocycles. The smallest absolute Gasteiger partial charge is 0.0363 e. The SMILES string of the molecule is C=CC[C@H](NC)c1ccccc1Br. The summed E-state index contributed by atoms with van der Waals surface area (Å²) in [7, 11) is 1.97. The van der Waals surface area contributed by atoms with Crippen molar-refractivity contribution >= 4 is 15.9 Å². The molecule has 0 aliphatic carbocycles. The molecule has 1 aromatic rings. The average Bonchev–Trinajstić information content (AvgIpc) is 2.16. The largest absolute Gasteiger partial charge is 0.313 e. The van der Waals surface area contributed by atoms with Crippen molar-refractivity contribution in [3.8, 4) is 0 Å². The van der Waals surface area contributed by atoms with Crippen LogP contribution in [0.15, 0.2) is 41.4 Å². The van der Waals surface area contributed by atoms with Crippen molar-refractivity contribution in [3.05, 3.63) is 47.0 Å². The van der Waals surface area contributed by atoms with Crippen LogP contribution >= 0.6 is 15.9 Å². The van der Waals surface area contributed by atoms with Gasteiger partial charge in [-0.3, -0.25) is 0 Å². The Morgan fingerprint density at radius 2 is 2.23 bits per heavy atom. The van der Waals surface area contributed by atoms with Crippen LogP contribution in [0.5, 0.6) is 0 Å². The highest BCUT2D eigenvalue weighted by atomic mass is 79.9. The Kier molecular flexibility index (Phi) is 4.19. The molecular weight excluding hydrogens is 226 g/mol. The minimum atomic E-state index is 0.355. The molecule has 0 bridgehead atoms. The van der Waals surface area contributed by atoms with Crippen LogP contribution in [0.4, 0.5) is 0 Å². The molecule has 0 aromatic heterocycles. The van der Waals surface area contributed by atoms with E-state index in [-0.39, 0.29) is 0 Å². The third kappa shape index (κ3) is 2.68. The Labute approximate surface area is 88.0 Å². The quantitative estimate of drug-likeness (QED) is 0.796. The Morgan fingerprint density at radius 1 is 1.54 bits per heavy atom. The fourth-order valence-corrected chi connectivity index (χ4v) is 1.89. The lowest BCUT2D eigenvalue weighted by molar-refractivity contribution is 0.601. The predicted molar refractivity (Wildman–Crippen MR) is 60.8 cm³/mol. The van der Waals surface area contributed by atoms with Crippen molar-refractivity contribution in [3.63, 3.8) is 0 Å². The Bertz CT molecular complexity index is 283. The van der Waals surface area contributed by atoms with Gasteiger partial charge in [0, 0.05) is 10.5 Å². The first kappa shape index (κ1) is 10.5. The van der Waals surface area contributed by atoms with Gasteiger partial charge in [0.1, 0.15) is 0 Å². The van der Waals surface area contributed by atoms with E-state index in [9.17, 15) is 0 Å². The molecule has 1 N–H and O–H groups in total. The number of nitrogens with one attached hydrogen (secondary N) is 1. The van der Waals surface area contributed by atoms with Crippen molar-refractivity contribution in [2.75, 3.05) is 7.05 Å². The fourth-order valence-electron chi connectivity index (χ4n) is 1.32. The summed E-state index contributed by atoms with van der Waals surface area (Å²) in [6, 6.07) is 8.60. The van der Waals surface area contributed by atoms with E-state index in [0.29, 0.717) is 6.04 Å². The van der Waals surface area contributed by atoms with Crippen LogP contribution in [-0.2, 0) is 0 Å². The highest BCUT2D eigenvalue weighted by molar-refractivity contribution is 9.10. The molecule has 0 heterocycles. The molecule has 0 fully saturated rings. The van der Waals surface area contributed by atoms with Gasteiger partial charge in [-0.25, -0.2) is 0 Å². The summed E-state index contributed by atoms with van der Waals surface area (Å²) in [5.41, 5.74) is 1.28. The first-order chi connectivity index (χ1) is 6.29. The van der Waals surface area contributed by atoms with Crippen LogP contribution in [-0.4, -0.2) is 7.05 Å². The third-order valence-corrected chi connectivity index (χ3v) is 2.75. The summed E-state index contributed by atoms with van der Waals surface area (Å²) in [4.78, 5) is 0. The van der Waals surface area contributed by atoms with Gasteiger partial charge in [0.25, 0.3) is 0 Å². The molecule has 1 aromatic carbocycles. The highest BCUT2D eigenvalue weighted by Gasteiger charge is 2.09. The molecule has 70 valence electrons. The molecule has 1 nitrogen and oxygen atoms in total. The van der Waals surface area contributed by atoms with E-state index in [4.69, 9.17) is 0 Å². The molecule has 1 atom stereocenters. The highest BCUT2D eigenvalue weighted by Crippen LogP contribution is 2.24. The second-order valence-corrected chi connectivity index (χ2v) is 3.74. The fraction of sp³-hybridized carbons (Fsp3) is 0.273. The first-order valence-electron chi connectivity index (χ1n) is 4.32. The maximum Gasteiger partial charge on any atom is 0.0363 e. The normalized spacial score (nSPS) is 12.5. The summed E-state index contributed by atoms with van der Waals surface area (Å²) in [6.07, 6.45) is 2.87. The van der Waals surface area contributed by atoms with Crippen LogP contribution in [0.3, 0.4) is 0 Å². The lowest BCUT2D eigenvalue weighted by atomic mass is 10.0. The molecule has 0 radical (unpaired) electrons. The number of hydrogen-bond donors (Lipinski definition) is 1. The lowest BCUT2D eigenvalue weighted by Crippen LogP contribution is -2.15. The standard InChI is InChI=1S/C11H14BrN/c1-3-6-11(13-2)9-7-4-5-8-10(9)12/h3-5,7-8,11,13H,1,6H2,2H3/t11-/m0/s1. The van der Waals surface area contributed by atoms with E-state index < -0.39 is 0 Å². The monoisotopic (exact) mass is 239 g/mol. The van der Waals surface area contributed by atoms with Crippen molar-refractivity contribution in [1.29, 1.82) is 0 Å². The Hall–Kier alpha value is -0.600. The maximum atomic E-state index is 3.75. The third-order valence-electron chi connectivity index (χ3n) is 2.03. The molecule has 13 heavy (non-hydrogen) atoms. The summed E-state index contributed by atoms with van der Waals surface area (Å²) in [5.74, 6) is 0. The van der Waals surface area contributed by atoms with E-state index in [1.54, 1.807) is 0 Å². The Morgan fingerprint density at radius 3 is 2.77 bits per heavy atom. The molecule has 0 amide bonds. The average molecular weight is 240 g/mol. The lowest BCUT2D eigenvalue weighted by Gasteiger charge is -2.15. The summed E-state index contributed by atoms with van der Waals surface area (Å²) < 4.78 is 1.15. The number of rotatable bonds is 4. The van der Waals surface area contributed by atoms with Gasteiger partial charge in [0.05, 0.1) is 0 Å². The Balaban J connectivity index is 2.90. The van der Waals surface area contributed by atoms with Crippen molar-refractivity contribution in [1.82, 2.24) is 5.32 Å². The topological polar surface area (TPSA) is 12.0 Å². The van der Waals surface area contributed by atoms with Crippen LogP contribution in [0, 0.1) is 0 Å². The van der Waals surface area contributed by atoms with Gasteiger partial charge in [-0.2, -0.15) is 0 Å². The zero-order chi connectivity index (χ0) is 9.68. The minimum Gasteiger partial charge on any atom is -0.313 e. The number of halogens is 1. The van der Waals surface area contributed by atoms with E-state index in [1.807, 2.05) is 25.3 Å². The number of hydrogen-bond acceptors (Lipinski definition) is 1. The molecule has 0 unspecified atom stereocenters.